The molecule has 0 aliphatic carbocycles. The van der Waals surface area contributed by atoms with Crippen LogP contribution in [0.25, 0.3) is 5.69 Å². The van der Waals surface area contributed by atoms with Crippen LogP contribution in [0.5, 0.6) is 0 Å². The van der Waals surface area contributed by atoms with Crippen molar-refractivity contribution < 1.29 is 4.79 Å². The van der Waals surface area contributed by atoms with Crippen molar-refractivity contribution in [2.45, 2.75) is 18.8 Å². The molecule has 1 atom stereocenters. The third-order valence-corrected chi connectivity index (χ3v) is 5.72. The van der Waals surface area contributed by atoms with E-state index in [0.717, 1.165) is 5.69 Å². The Kier molecular flexibility index (Phi) is 4.36. The Bertz CT molecular complexity index is 888. The minimum absolute atomic E-state index is 0.0822. The van der Waals surface area contributed by atoms with Crippen LogP contribution in [0.15, 0.2) is 73.1 Å². The van der Waals surface area contributed by atoms with Gasteiger partial charge < -0.3 is 9.47 Å². The summed E-state index contributed by atoms with van der Waals surface area (Å²) in [5.74, 6) is 0.759. The van der Waals surface area contributed by atoms with E-state index in [-0.39, 0.29) is 11.3 Å². The second kappa shape index (κ2) is 6.81. The summed E-state index contributed by atoms with van der Waals surface area (Å²) >= 11 is 1.71. The van der Waals surface area contributed by atoms with Gasteiger partial charge >= 0.3 is 0 Å². The largest absolute Gasteiger partial charge is 0.323 e. The van der Waals surface area contributed by atoms with Crippen molar-refractivity contribution in [1.82, 2.24) is 9.47 Å². The molecule has 0 saturated carbocycles. The van der Waals surface area contributed by atoms with Gasteiger partial charge in [-0.15, -0.1) is 11.8 Å². The second-order valence-electron chi connectivity index (χ2n) is 6.36. The molecular weight excluding hydrogens is 328 g/mol. The first-order valence-electron chi connectivity index (χ1n) is 8.41. The molecule has 0 unspecified atom stereocenters. The lowest BCUT2D eigenvalue weighted by atomic mass is 10.2. The summed E-state index contributed by atoms with van der Waals surface area (Å²) in [4.78, 5) is 14.4. The van der Waals surface area contributed by atoms with Gasteiger partial charge in [-0.25, -0.2) is 0 Å². The van der Waals surface area contributed by atoms with Gasteiger partial charge in [0, 0.05) is 30.2 Å². The highest BCUT2D eigenvalue weighted by Gasteiger charge is 2.33. The van der Waals surface area contributed by atoms with Gasteiger partial charge in [0.15, 0.2) is 0 Å². The molecule has 2 heterocycles. The van der Waals surface area contributed by atoms with E-state index in [4.69, 9.17) is 0 Å². The standard InChI is InChI=1S/C21H20N2OS/c1-16-6-5-9-19(12-16)22-11-10-18(14-22)21-23(20(24)15-25-21)13-17-7-3-2-4-8-17/h2-12,14,21H,13,15H2,1H3/t21-/m0/s1. The Morgan fingerprint density at radius 2 is 1.92 bits per heavy atom. The van der Waals surface area contributed by atoms with Gasteiger partial charge in [0.2, 0.25) is 5.91 Å². The number of aryl methyl sites for hydroxylation is 1. The first kappa shape index (κ1) is 16.0. The van der Waals surface area contributed by atoms with Crippen LogP contribution in [0.2, 0.25) is 0 Å². The minimum Gasteiger partial charge on any atom is -0.323 e. The smallest absolute Gasteiger partial charge is 0.234 e. The van der Waals surface area contributed by atoms with Gasteiger partial charge in [0.1, 0.15) is 5.37 Å². The van der Waals surface area contributed by atoms with Crippen LogP contribution in [-0.4, -0.2) is 21.1 Å². The number of carbonyl (C=O) groups excluding carboxylic acids is 1. The molecule has 4 heteroatoms. The van der Waals surface area contributed by atoms with E-state index >= 15 is 0 Å². The first-order valence-corrected chi connectivity index (χ1v) is 9.45. The van der Waals surface area contributed by atoms with Crippen LogP contribution in [0, 0.1) is 6.92 Å². The maximum absolute atomic E-state index is 12.4. The highest BCUT2D eigenvalue weighted by molar-refractivity contribution is 8.00. The van der Waals surface area contributed by atoms with E-state index in [1.165, 1.54) is 16.7 Å². The van der Waals surface area contributed by atoms with Crippen LogP contribution in [-0.2, 0) is 11.3 Å². The van der Waals surface area contributed by atoms with E-state index < -0.39 is 0 Å². The summed E-state index contributed by atoms with van der Waals surface area (Å²) in [7, 11) is 0. The van der Waals surface area contributed by atoms with Crippen molar-refractivity contribution in [3.63, 3.8) is 0 Å². The van der Waals surface area contributed by atoms with E-state index in [1.54, 1.807) is 11.8 Å². The summed E-state index contributed by atoms with van der Waals surface area (Å²) in [6, 6.07) is 20.7. The summed E-state index contributed by atoms with van der Waals surface area (Å²) < 4.78 is 2.13. The SMILES string of the molecule is Cc1cccc(-n2ccc([C@@H]3SCC(=O)N3Cc3ccccc3)c2)c1. The third kappa shape index (κ3) is 3.35. The van der Waals surface area contributed by atoms with Gasteiger partial charge in [-0.2, -0.15) is 0 Å². The number of thioether (sulfide) groups is 1. The van der Waals surface area contributed by atoms with E-state index in [0.29, 0.717) is 12.3 Å². The summed E-state index contributed by atoms with van der Waals surface area (Å²) in [6.45, 7) is 2.76. The Labute approximate surface area is 152 Å². The summed E-state index contributed by atoms with van der Waals surface area (Å²) in [5, 5.41) is 0.0822. The Hall–Kier alpha value is -2.46. The van der Waals surface area contributed by atoms with Crippen molar-refractivity contribution in [2.75, 3.05) is 5.75 Å². The molecule has 1 aromatic heterocycles. The van der Waals surface area contributed by atoms with Gasteiger partial charge in [-0.3, -0.25) is 4.79 Å². The van der Waals surface area contributed by atoms with E-state index in [2.05, 4.69) is 66.3 Å². The van der Waals surface area contributed by atoms with E-state index in [1.807, 2.05) is 23.1 Å². The average Bonchev–Trinajstić information content (AvgIpc) is 3.24. The number of hydrogen-bond donors (Lipinski definition) is 0. The zero-order valence-electron chi connectivity index (χ0n) is 14.1. The molecule has 1 aliphatic heterocycles. The van der Waals surface area contributed by atoms with E-state index in [9.17, 15) is 4.79 Å². The van der Waals surface area contributed by atoms with Crippen molar-refractivity contribution in [1.29, 1.82) is 0 Å². The number of aromatic nitrogens is 1. The molecule has 3 nitrogen and oxygen atoms in total. The summed E-state index contributed by atoms with van der Waals surface area (Å²) in [5.41, 5.74) is 4.73. The van der Waals surface area contributed by atoms with Gasteiger partial charge in [0.25, 0.3) is 0 Å². The molecule has 126 valence electrons. The fraction of sp³-hybridized carbons (Fsp3) is 0.190. The van der Waals surface area contributed by atoms with Crippen LogP contribution >= 0.6 is 11.8 Å². The fourth-order valence-electron chi connectivity index (χ4n) is 3.19. The highest BCUT2D eigenvalue weighted by Crippen LogP contribution is 2.39. The van der Waals surface area contributed by atoms with Crippen molar-refractivity contribution >= 4 is 17.7 Å². The van der Waals surface area contributed by atoms with Crippen LogP contribution < -0.4 is 0 Å². The third-order valence-electron chi connectivity index (χ3n) is 4.46. The molecule has 0 bridgehead atoms. The zero-order valence-corrected chi connectivity index (χ0v) is 14.9. The fourth-order valence-corrected chi connectivity index (χ4v) is 4.36. The Morgan fingerprint density at radius 1 is 1.08 bits per heavy atom. The normalized spacial score (nSPS) is 17.2. The lowest BCUT2D eigenvalue weighted by Gasteiger charge is -2.23. The summed E-state index contributed by atoms with van der Waals surface area (Å²) in [6.07, 6.45) is 4.22. The molecule has 0 N–H and O–H groups in total. The number of carbonyl (C=O) groups is 1. The topological polar surface area (TPSA) is 25.2 Å². The number of rotatable bonds is 4. The molecule has 0 radical (unpaired) electrons. The molecule has 25 heavy (non-hydrogen) atoms. The average molecular weight is 348 g/mol. The first-order chi connectivity index (χ1) is 12.2. The maximum Gasteiger partial charge on any atom is 0.234 e. The molecule has 1 saturated heterocycles. The quantitative estimate of drug-likeness (QED) is 0.690. The van der Waals surface area contributed by atoms with Gasteiger partial charge in [-0.1, -0.05) is 42.5 Å². The second-order valence-corrected chi connectivity index (χ2v) is 7.43. The van der Waals surface area contributed by atoms with Gasteiger partial charge in [-0.05, 0) is 36.2 Å². The molecule has 1 aliphatic rings. The monoisotopic (exact) mass is 348 g/mol. The van der Waals surface area contributed by atoms with Crippen LogP contribution in [0.1, 0.15) is 22.1 Å². The number of hydrogen-bond acceptors (Lipinski definition) is 2. The minimum atomic E-state index is 0.0822. The zero-order chi connectivity index (χ0) is 17.2. The molecule has 1 fully saturated rings. The molecule has 1 amide bonds. The molecule has 0 spiro atoms. The predicted molar refractivity (Wildman–Crippen MR) is 103 cm³/mol. The molecule has 4 rings (SSSR count). The highest BCUT2D eigenvalue weighted by atomic mass is 32.2. The number of amides is 1. The Morgan fingerprint density at radius 3 is 2.72 bits per heavy atom. The Balaban J connectivity index is 1.59. The van der Waals surface area contributed by atoms with Crippen molar-refractivity contribution in [3.8, 4) is 5.69 Å². The van der Waals surface area contributed by atoms with Crippen molar-refractivity contribution in [3.05, 3.63) is 89.7 Å². The van der Waals surface area contributed by atoms with Crippen LogP contribution in [0.3, 0.4) is 0 Å². The molecular formula is C21H20N2OS. The molecule has 3 aromatic rings. The predicted octanol–water partition coefficient (Wildman–Crippen LogP) is 4.56. The number of benzene rings is 2. The van der Waals surface area contributed by atoms with Gasteiger partial charge in [0.05, 0.1) is 5.75 Å². The lowest BCUT2D eigenvalue weighted by Crippen LogP contribution is -2.27. The number of nitrogens with zero attached hydrogens (tertiary/aromatic N) is 2. The lowest BCUT2D eigenvalue weighted by molar-refractivity contribution is -0.128. The van der Waals surface area contributed by atoms with Crippen molar-refractivity contribution in [2.24, 2.45) is 0 Å². The van der Waals surface area contributed by atoms with Crippen LogP contribution in [0.4, 0.5) is 0 Å². The molecule has 2 aromatic carbocycles. The maximum atomic E-state index is 12.4.